The van der Waals surface area contributed by atoms with Crippen molar-refractivity contribution in [2.24, 2.45) is 5.41 Å². The number of hydrogen-bond acceptors (Lipinski definition) is 1. The van der Waals surface area contributed by atoms with Gasteiger partial charge in [-0.15, -0.1) is 0 Å². The fourth-order valence-corrected chi connectivity index (χ4v) is 2.01. The molecule has 2 heteroatoms. The number of halogens is 1. The summed E-state index contributed by atoms with van der Waals surface area (Å²) < 4.78 is 0. The van der Waals surface area contributed by atoms with Crippen molar-refractivity contribution in [2.75, 3.05) is 5.33 Å². The Morgan fingerprint density at radius 1 is 1.36 bits per heavy atom. The third kappa shape index (κ3) is 4.94. The molecule has 0 saturated carbocycles. The molecule has 0 saturated heterocycles. The Morgan fingerprint density at radius 3 is 2.29 bits per heavy atom. The molecule has 0 N–H and O–H groups in total. The van der Waals surface area contributed by atoms with Crippen LogP contribution in [0.5, 0.6) is 0 Å². The molecule has 0 bridgehead atoms. The molecule has 0 aliphatic heterocycles. The second-order valence-electron chi connectivity index (χ2n) is 4.37. The van der Waals surface area contributed by atoms with Gasteiger partial charge in [0.15, 0.2) is 0 Å². The molecule has 1 atom stereocenters. The van der Waals surface area contributed by atoms with Crippen molar-refractivity contribution >= 4 is 21.7 Å². The van der Waals surface area contributed by atoms with Crippen LogP contribution in [-0.4, -0.2) is 11.1 Å². The third-order valence-corrected chi connectivity index (χ3v) is 3.34. The van der Waals surface area contributed by atoms with Crippen LogP contribution in [0.1, 0.15) is 46.5 Å². The smallest absolute Gasteiger partial charge is 0.130 e. The highest BCUT2D eigenvalue weighted by atomic mass is 79.9. The molecular weight excluding hydrogens is 240 g/mol. The van der Waals surface area contributed by atoms with E-state index in [0.717, 1.165) is 23.7 Å². The zero-order valence-corrected chi connectivity index (χ0v) is 11.1. The van der Waals surface area contributed by atoms with Crippen LogP contribution in [0.3, 0.4) is 0 Å². The maximum atomic E-state index is 11.1. The van der Waals surface area contributed by atoms with Gasteiger partial charge in [0, 0.05) is 11.8 Å². The normalized spacial score (nSPS) is 14.9. The van der Waals surface area contributed by atoms with E-state index in [9.17, 15) is 4.79 Å². The minimum atomic E-state index is 0.00794. The summed E-state index contributed by atoms with van der Waals surface area (Å²) in [6, 6.07) is 0. The molecule has 0 amide bonds. The molecular formula is C12H21BrO. The second-order valence-corrected chi connectivity index (χ2v) is 5.16. The summed E-state index contributed by atoms with van der Waals surface area (Å²) in [7, 11) is 0. The first-order valence-corrected chi connectivity index (χ1v) is 6.26. The Hall–Kier alpha value is -0.110. The first-order valence-electron chi connectivity index (χ1n) is 5.14. The Kier molecular flexibility index (Phi) is 6.34. The quantitative estimate of drug-likeness (QED) is 0.383. The molecule has 0 heterocycles. The van der Waals surface area contributed by atoms with Gasteiger partial charge in [-0.2, -0.15) is 0 Å². The van der Waals surface area contributed by atoms with E-state index in [-0.39, 0.29) is 11.2 Å². The second kappa shape index (κ2) is 6.39. The molecule has 0 radical (unpaired) electrons. The molecule has 0 aliphatic carbocycles. The highest BCUT2D eigenvalue weighted by Crippen LogP contribution is 2.35. The van der Waals surface area contributed by atoms with Crippen molar-refractivity contribution in [3.05, 3.63) is 12.2 Å². The standard InChI is InChI=1S/C12H21BrO/c1-10(2)12(4,9-11(3)14)7-5-6-8-13/h1,5-9H2,2-4H3. The highest BCUT2D eigenvalue weighted by Gasteiger charge is 2.26. The van der Waals surface area contributed by atoms with Crippen LogP contribution < -0.4 is 0 Å². The first-order chi connectivity index (χ1) is 6.42. The van der Waals surface area contributed by atoms with Gasteiger partial charge in [0.2, 0.25) is 0 Å². The van der Waals surface area contributed by atoms with Crippen molar-refractivity contribution in [1.82, 2.24) is 0 Å². The number of allylic oxidation sites excluding steroid dienone is 1. The van der Waals surface area contributed by atoms with Crippen LogP contribution in [0.15, 0.2) is 12.2 Å². The largest absolute Gasteiger partial charge is 0.300 e. The van der Waals surface area contributed by atoms with Gasteiger partial charge in [-0.1, -0.05) is 41.4 Å². The number of hydrogen-bond donors (Lipinski definition) is 0. The lowest BCUT2D eigenvalue weighted by molar-refractivity contribution is -0.118. The molecule has 0 fully saturated rings. The molecule has 0 rings (SSSR count). The van der Waals surface area contributed by atoms with Gasteiger partial charge in [-0.3, -0.25) is 4.79 Å². The van der Waals surface area contributed by atoms with E-state index in [1.54, 1.807) is 6.92 Å². The third-order valence-electron chi connectivity index (χ3n) is 2.78. The minimum absolute atomic E-state index is 0.00794. The maximum absolute atomic E-state index is 11.1. The molecule has 14 heavy (non-hydrogen) atoms. The number of Topliss-reactive ketones (excluding diaryl/α,β-unsaturated/α-hetero) is 1. The Bertz CT molecular complexity index is 210. The van der Waals surface area contributed by atoms with E-state index in [0.29, 0.717) is 6.42 Å². The van der Waals surface area contributed by atoms with Gasteiger partial charge in [0.05, 0.1) is 0 Å². The topological polar surface area (TPSA) is 17.1 Å². The van der Waals surface area contributed by atoms with Crippen molar-refractivity contribution in [1.29, 1.82) is 0 Å². The predicted octanol–water partition coefficient (Wildman–Crippen LogP) is 4.11. The predicted molar refractivity (Wildman–Crippen MR) is 65.9 cm³/mol. The molecule has 82 valence electrons. The Labute approximate surface area is 96.1 Å². The summed E-state index contributed by atoms with van der Waals surface area (Å²) in [5.74, 6) is 0.259. The zero-order chi connectivity index (χ0) is 11.2. The van der Waals surface area contributed by atoms with Gasteiger partial charge in [-0.25, -0.2) is 0 Å². The van der Waals surface area contributed by atoms with Crippen molar-refractivity contribution in [3.8, 4) is 0 Å². The molecule has 0 aromatic rings. The van der Waals surface area contributed by atoms with Crippen LogP contribution in [0, 0.1) is 5.41 Å². The van der Waals surface area contributed by atoms with Crippen LogP contribution in [0.2, 0.25) is 0 Å². The van der Waals surface area contributed by atoms with Gasteiger partial charge < -0.3 is 0 Å². The average molecular weight is 261 g/mol. The van der Waals surface area contributed by atoms with Crippen LogP contribution in [0.25, 0.3) is 0 Å². The SMILES string of the molecule is C=C(C)C(C)(CCCCBr)CC(C)=O. The number of rotatable bonds is 7. The summed E-state index contributed by atoms with van der Waals surface area (Å²) in [5, 5.41) is 1.04. The summed E-state index contributed by atoms with van der Waals surface area (Å²) >= 11 is 3.42. The summed E-state index contributed by atoms with van der Waals surface area (Å²) in [6.45, 7) is 9.82. The average Bonchev–Trinajstić information content (AvgIpc) is 2.03. The van der Waals surface area contributed by atoms with Crippen molar-refractivity contribution in [2.45, 2.75) is 46.5 Å². The van der Waals surface area contributed by atoms with Crippen molar-refractivity contribution in [3.63, 3.8) is 0 Å². The lowest BCUT2D eigenvalue weighted by Gasteiger charge is -2.29. The highest BCUT2D eigenvalue weighted by molar-refractivity contribution is 9.09. The van der Waals surface area contributed by atoms with E-state index in [4.69, 9.17) is 0 Å². The number of carbonyl (C=O) groups excluding carboxylic acids is 1. The van der Waals surface area contributed by atoms with E-state index in [1.807, 2.05) is 6.92 Å². The number of carbonyl (C=O) groups is 1. The van der Waals surface area contributed by atoms with Crippen LogP contribution in [-0.2, 0) is 4.79 Å². The summed E-state index contributed by atoms with van der Waals surface area (Å²) in [6.07, 6.45) is 4.01. The van der Waals surface area contributed by atoms with E-state index in [2.05, 4.69) is 29.4 Å². The van der Waals surface area contributed by atoms with Gasteiger partial charge in [0.25, 0.3) is 0 Å². The van der Waals surface area contributed by atoms with E-state index >= 15 is 0 Å². The zero-order valence-electron chi connectivity index (χ0n) is 9.53. The van der Waals surface area contributed by atoms with Crippen LogP contribution in [0.4, 0.5) is 0 Å². The van der Waals surface area contributed by atoms with Crippen LogP contribution >= 0.6 is 15.9 Å². The Balaban J connectivity index is 4.24. The summed E-state index contributed by atoms with van der Waals surface area (Å²) in [4.78, 5) is 11.1. The number of ketones is 1. The minimum Gasteiger partial charge on any atom is -0.300 e. The van der Waals surface area contributed by atoms with Gasteiger partial charge in [0.1, 0.15) is 5.78 Å². The lowest BCUT2D eigenvalue weighted by atomic mass is 9.75. The molecule has 0 aliphatic rings. The molecule has 0 aromatic heterocycles. The molecule has 0 spiro atoms. The number of unbranched alkanes of at least 4 members (excludes halogenated alkanes) is 1. The van der Waals surface area contributed by atoms with Gasteiger partial charge in [-0.05, 0) is 32.1 Å². The first kappa shape index (κ1) is 13.9. The molecule has 1 unspecified atom stereocenters. The lowest BCUT2D eigenvalue weighted by Crippen LogP contribution is -2.21. The fourth-order valence-electron chi connectivity index (χ4n) is 1.61. The van der Waals surface area contributed by atoms with E-state index in [1.165, 1.54) is 6.42 Å². The van der Waals surface area contributed by atoms with E-state index < -0.39 is 0 Å². The monoisotopic (exact) mass is 260 g/mol. The van der Waals surface area contributed by atoms with Gasteiger partial charge >= 0.3 is 0 Å². The summed E-state index contributed by atoms with van der Waals surface area (Å²) in [5.41, 5.74) is 1.14. The molecule has 0 aromatic carbocycles. The maximum Gasteiger partial charge on any atom is 0.130 e. The number of alkyl halides is 1. The Morgan fingerprint density at radius 2 is 1.93 bits per heavy atom. The fraction of sp³-hybridized carbons (Fsp3) is 0.750. The molecule has 1 nitrogen and oxygen atoms in total. The van der Waals surface area contributed by atoms with Crippen molar-refractivity contribution < 1.29 is 4.79 Å².